The predicted molar refractivity (Wildman–Crippen MR) is 56.2 cm³/mol. The van der Waals surface area contributed by atoms with Gasteiger partial charge in [-0.15, -0.1) is 0 Å². The van der Waals surface area contributed by atoms with E-state index in [9.17, 15) is 9.90 Å². The second kappa shape index (κ2) is 2.57. The van der Waals surface area contributed by atoms with Crippen LogP contribution in [0.5, 0.6) is 0 Å². The number of nitrogens with two attached hydrogens (primary N) is 1. The summed E-state index contributed by atoms with van der Waals surface area (Å²) in [4.78, 5) is 11.6. The molecule has 4 rings (SSSR count). The maximum absolute atomic E-state index is 11.6. The van der Waals surface area contributed by atoms with E-state index in [4.69, 9.17) is 5.73 Å². The van der Waals surface area contributed by atoms with E-state index in [0.29, 0.717) is 17.8 Å². The Labute approximate surface area is 90.0 Å². The quantitative estimate of drug-likeness (QED) is 0.689. The van der Waals surface area contributed by atoms with E-state index in [2.05, 4.69) is 0 Å². The van der Waals surface area contributed by atoms with Gasteiger partial charge in [-0.3, -0.25) is 4.79 Å². The Balaban J connectivity index is 2.08. The fourth-order valence-corrected chi connectivity index (χ4v) is 4.69. The van der Waals surface area contributed by atoms with Crippen molar-refractivity contribution in [3.8, 4) is 0 Å². The first kappa shape index (κ1) is 9.64. The SMILES string of the molecule is CC1(N)C2CC3CC(C2)CC1(C(=O)O)C3. The molecule has 4 aliphatic rings. The summed E-state index contributed by atoms with van der Waals surface area (Å²) in [7, 11) is 0. The number of carbonyl (C=O) groups is 1. The molecule has 0 heterocycles. The van der Waals surface area contributed by atoms with Gasteiger partial charge in [0.25, 0.3) is 0 Å². The molecule has 0 spiro atoms. The molecule has 3 unspecified atom stereocenters. The van der Waals surface area contributed by atoms with Crippen molar-refractivity contribution in [2.45, 2.75) is 44.6 Å². The van der Waals surface area contributed by atoms with Gasteiger partial charge in [-0.05, 0) is 56.8 Å². The number of carboxylic acid groups (broad SMARTS) is 1. The number of carboxylic acids is 1. The minimum atomic E-state index is -0.647. The third-order valence-electron chi connectivity index (χ3n) is 5.47. The first-order valence-corrected chi connectivity index (χ1v) is 5.98. The Bertz CT molecular complexity index is 310. The highest BCUT2D eigenvalue weighted by Gasteiger charge is 2.65. The Morgan fingerprint density at radius 3 is 2.27 bits per heavy atom. The van der Waals surface area contributed by atoms with Crippen LogP contribution in [-0.4, -0.2) is 16.6 Å². The van der Waals surface area contributed by atoms with Crippen LogP contribution < -0.4 is 5.73 Å². The standard InChI is InChI=1S/C12H19NO2/c1-11(13)9-3-7-2-8(4-9)6-12(11,5-7)10(14)15/h7-9H,2-6,13H2,1H3,(H,14,15). The van der Waals surface area contributed by atoms with Gasteiger partial charge < -0.3 is 10.8 Å². The lowest BCUT2D eigenvalue weighted by Crippen LogP contribution is -2.70. The molecule has 3 atom stereocenters. The largest absolute Gasteiger partial charge is 0.481 e. The molecular formula is C12H19NO2. The van der Waals surface area contributed by atoms with Crippen molar-refractivity contribution in [2.24, 2.45) is 28.9 Å². The molecule has 0 aliphatic heterocycles. The van der Waals surface area contributed by atoms with Crippen LogP contribution in [0.4, 0.5) is 0 Å². The highest BCUT2D eigenvalue weighted by atomic mass is 16.4. The molecule has 3 nitrogen and oxygen atoms in total. The second-order valence-electron chi connectivity index (χ2n) is 6.21. The van der Waals surface area contributed by atoms with Gasteiger partial charge in [0.1, 0.15) is 0 Å². The van der Waals surface area contributed by atoms with Gasteiger partial charge in [-0.25, -0.2) is 0 Å². The maximum atomic E-state index is 11.6. The monoisotopic (exact) mass is 209 g/mol. The molecule has 0 saturated heterocycles. The molecule has 0 aromatic carbocycles. The maximum Gasteiger partial charge on any atom is 0.311 e. The van der Waals surface area contributed by atoms with Crippen molar-refractivity contribution in [2.75, 3.05) is 0 Å². The van der Waals surface area contributed by atoms with E-state index < -0.39 is 16.9 Å². The molecule has 4 saturated carbocycles. The summed E-state index contributed by atoms with van der Waals surface area (Å²) in [6.07, 6.45) is 5.23. The summed E-state index contributed by atoms with van der Waals surface area (Å²) in [5.41, 5.74) is 5.28. The van der Waals surface area contributed by atoms with Crippen LogP contribution in [0.15, 0.2) is 0 Å². The topological polar surface area (TPSA) is 63.3 Å². The molecular weight excluding hydrogens is 190 g/mol. The molecule has 3 heteroatoms. The molecule has 0 radical (unpaired) electrons. The molecule has 84 valence electrons. The molecule has 0 aromatic rings. The Hall–Kier alpha value is -0.570. The summed E-state index contributed by atoms with van der Waals surface area (Å²) in [6.45, 7) is 1.98. The van der Waals surface area contributed by atoms with Gasteiger partial charge >= 0.3 is 5.97 Å². The average Bonchev–Trinajstić information content (AvgIpc) is 2.13. The van der Waals surface area contributed by atoms with Crippen LogP contribution in [0.25, 0.3) is 0 Å². The predicted octanol–water partition coefficient (Wildman–Crippen LogP) is 1.61. The van der Waals surface area contributed by atoms with Gasteiger partial charge in [0.15, 0.2) is 0 Å². The third-order valence-corrected chi connectivity index (χ3v) is 5.47. The van der Waals surface area contributed by atoms with Crippen molar-refractivity contribution in [3.63, 3.8) is 0 Å². The van der Waals surface area contributed by atoms with Crippen molar-refractivity contribution < 1.29 is 9.90 Å². The van der Waals surface area contributed by atoms with Crippen LogP contribution >= 0.6 is 0 Å². The zero-order chi connectivity index (χ0) is 10.8. The van der Waals surface area contributed by atoms with Crippen LogP contribution in [0.2, 0.25) is 0 Å². The second-order valence-corrected chi connectivity index (χ2v) is 6.21. The average molecular weight is 209 g/mol. The summed E-state index contributed by atoms with van der Waals surface area (Å²) in [5, 5.41) is 9.53. The molecule has 4 fully saturated rings. The Kier molecular flexibility index (Phi) is 1.65. The molecule has 4 aliphatic carbocycles. The van der Waals surface area contributed by atoms with Gasteiger partial charge in [-0.2, -0.15) is 0 Å². The zero-order valence-electron chi connectivity index (χ0n) is 9.20. The minimum Gasteiger partial charge on any atom is -0.481 e. The van der Waals surface area contributed by atoms with E-state index in [1.165, 1.54) is 19.3 Å². The fourth-order valence-electron chi connectivity index (χ4n) is 4.69. The van der Waals surface area contributed by atoms with Crippen LogP contribution in [0, 0.1) is 23.2 Å². The molecule has 4 bridgehead atoms. The Morgan fingerprint density at radius 2 is 1.80 bits per heavy atom. The Morgan fingerprint density at radius 1 is 1.27 bits per heavy atom. The van der Waals surface area contributed by atoms with Crippen molar-refractivity contribution in [1.82, 2.24) is 0 Å². The smallest absolute Gasteiger partial charge is 0.311 e. The van der Waals surface area contributed by atoms with E-state index in [-0.39, 0.29) is 0 Å². The number of aliphatic carboxylic acids is 1. The zero-order valence-corrected chi connectivity index (χ0v) is 9.20. The van der Waals surface area contributed by atoms with E-state index in [1.54, 1.807) is 0 Å². The van der Waals surface area contributed by atoms with Crippen LogP contribution in [0.1, 0.15) is 39.0 Å². The van der Waals surface area contributed by atoms with E-state index in [1.807, 2.05) is 6.92 Å². The van der Waals surface area contributed by atoms with E-state index >= 15 is 0 Å². The first-order valence-electron chi connectivity index (χ1n) is 5.98. The molecule has 0 amide bonds. The lowest BCUT2D eigenvalue weighted by atomic mass is 9.42. The normalized spacial score (nSPS) is 57.1. The molecule has 0 aromatic heterocycles. The van der Waals surface area contributed by atoms with Gasteiger partial charge in [-0.1, -0.05) is 0 Å². The lowest BCUT2D eigenvalue weighted by molar-refractivity contribution is -0.179. The first-order chi connectivity index (χ1) is 6.96. The summed E-state index contributed by atoms with van der Waals surface area (Å²) >= 11 is 0. The summed E-state index contributed by atoms with van der Waals surface area (Å²) < 4.78 is 0. The van der Waals surface area contributed by atoms with E-state index in [0.717, 1.165) is 12.8 Å². The van der Waals surface area contributed by atoms with Gasteiger partial charge in [0.2, 0.25) is 0 Å². The number of hydrogen-bond acceptors (Lipinski definition) is 2. The van der Waals surface area contributed by atoms with Crippen molar-refractivity contribution >= 4 is 5.97 Å². The molecule has 15 heavy (non-hydrogen) atoms. The number of rotatable bonds is 1. The summed E-state index contributed by atoms with van der Waals surface area (Å²) in [6, 6.07) is 0. The van der Waals surface area contributed by atoms with Gasteiger partial charge in [0, 0.05) is 5.54 Å². The van der Waals surface area contributed by atoms with Crippen molar-refractivity contribution in [3.05, 3.63) is 0 Å². The van der Waals surface area contributed by atoms with Gasteiger partial charge in [0.05, 0.1) is 5.41 Å². The van der Waals surface area contributed by atoms with Crippen molar-refractivity contribution in [1.29, 1.82) is 0 Å². The highest BCUT2D eigenvalue weighted by Crippen LogP contribution is 2.63. The summed E-state index contributed by atoms with van der Waals surface area (Å²) in [5.74, 6) is 1.07. The van der Waals surface area contributed by atoms with Crippen LogP contribution in [-0.2, 0) is 4.79 Å². The third kappa shape index (κ3) is 0.975. The fraction of sp³-hybridized carbons (Fsp3) is 0.917. The van der Waals surface area contributed by atoms with Crippen LogP contribution in [0.3, 0.4) is 0 Å². The highest BCUT2D eigenvalue weighted by molar-refractivity contribution is 5.77. The molecule has 3 N–H and O–H groups in total. The minimum absolute atomic E-state index is 0.444. The number of hydrogen-bond donors (Lipinski definition) is 2. The lowest BCUT2D eigenvalue weighted by Gasteiger charge is -2.63.